The van der Waals surface area contributed by atoms with Crippen LogP contribution >= 0.6 is 15.9 Å². The highest BCUT2D eigenvalue weighted by Crippen LogP contribution is 2.24. The Morgan fingerprint density at radius 3 is 2.67 bits per heavy atom. The van der Waals surface area contributed by atoms with Crippen molar-refractivity contribution in [3.8, 4) is 6.07 Å². The highest BCUT2D eigenvalue weighted by atomic mass is 79.9. The lowest BCUT2D eigenvalue weighted by Gasteiger charge is -2.34. The van der Waals surface area contributed by atoms with Crippen molar-refractivity contribution in [3.63, 3.8) is 0 Å². The van der Waals surface area contributed by atoms with Gasteiger partial charge in [0.15, 0.2) is 0 Å². The summed E-state index contributed by atoms with van der Waals surface area (Å²) in [4.78, 5) is 14.5. The predicted octanol–water partition coefficient (Wildman–Crippen LogP) is 2.80. The number of hydrogen-bond acceptors (Lipinski definition) is 2. The van der Waals surface area contributed by atoms with Crippen molar-refractivity contribution < 1.29 is 4.79 Å². The molecule has 1 fully saturated rings. The summed E-state index contributed by atoms with van der Waals surface area (Å²) in [6.45, 7) is 3.76. The van der Waals surface area contributed by atoms with Gasteiger partial charge in [-0.05, 0) is 36.6 Å². The van der Waals surface area contributed by atoms with Crippen molar-refractivity contribution in [2.45, 2.75) is 18.2 Å². The van der Waals surface area contributed by atoms with Crippen LogP contribution < -0.4 is 0 Å². The molecule has 0 aromatic heterocycles. The molecule has 0 saturated carbocycles. The Labute approximate surface area is 116 Å². The molecule has 1 aromatic carbocycles. The highest BCUT2D eigenvalue weighted by Gasteiger charge is 2.27. The van der Waals surface area contributed by atoms with Crippen molar-refractivity contribution in [2.75, 3.05) is 13.1 Å². The summed E-state index contributed by atoms with van der Waals surface area (Å²) in [5.41, 5.74) is 1.24. The van der Waals surface area contributed by atoms with Gasteiger partial charge >= 0.3 is 0 Å². The fourth-order valence-electron chi connectivity index (χ4n) is 2.08. The quantitative estimate of drug-likeness (QED) is 0.749. The number of carbonyl (C=O) groups is 1. The molecule has 1 aliphatic heterocycles. The number of hydrogen-bond donors (Lipinski definition) is 0. The van der Waals surface area contributed by atoms with E-state index in [-0.39, 0.29) is 5.91 Å². The zero-order chi connectivity index (χ0) is 13.1. The number of benzene rings is 1. The Hall–Kier alpha value is -1.34. The normalized spacial score (nSPS) is 23.5. The van der Waals surface area contributed by atoms with E-state index >= 15 is 0 Å². The summed E-state index contributed by atoms with van der Waals surface area (Å²) in [6, 6.07) is 8.87. The first kappa shape index (κ1) is 13.1. The van der Waals surface area contributed by atoms with Crippen LogP contribution in [0.4, 0.5) is 0 Å². The Morgan fingerprint density at radius 1 is 1.44 bits per heavy atom. The van der Waals surface area contributed by atoms with Gasteiger partial charge < -0.3 is 4.90 Å². The van der Waals surface area contributed by atoms with E-state index in [9.17, 15) is 4.79 Å². The van der Waals surface area contributed by atoms with Gasteiger partial charge in [-0.2, -0.15) is 5.26 Å². The van der Waals surface area contributed by atoms with E-state index in [1.54, 1.807) is 24.3 Å². The second-order valence-electron chi connectivity index (χ2n) is 4.72. The van der Waals surface area contributed by atoms with Crippen molar-refractivity contribution in [1.29, 1.82) is 5.26 Å². The molecule has 18 heavy (non-hydrogen) atoms. The van der Waals surface area contributed by atoms with E-state index in [4.69, 9.17) is 5.26 Å². The van der Waals surface area contributed by atoms with Gasteiger partial charge in [0.2, 0.25) is 0 Å². The van der Waals surface area contributed by atoms with Crippen molar-refractivity contribution in [1.82, 2.24) is 4.90 Å². The molecular weight excluding hydrogens is 292 g/mol. The molecule has 0 N–H and O–H groups in total. The average molecular weight is 307 g/mol. The molecule has 0 aliphatic carbocycles. The Kier molecular flexibility index (Phi) is 4.03. The molecular formula is C14H15BrN2O. The maximum Gasteiger partial charge on any atom is 0.253 e. The number of nitriles is 1. The third kappa shape index (κ3) is 2.73. The molecule has 4 heteroatoms. The van der Waals surface area contributed by atoms with Gasteiger partial charge in [-0.3, -0.25) is 4.79 Å². The number of piperidine rings is 1. The van der Waals surface area contributed by atoms with Gasteiger partial charge in [0.05, 0.1) is 11.6 Å². The topological polar surface area (TPSA) is 44.1 Å². The second kappa shape index (κ2) is 5.53. The fourth-order valence-corrected chi connectivity index (χ4v) is 2.69. The molecule has 1 heterocycles. The molecule has 1 aromatic rings. The van der Waals surface area contributed by atoms with E-state index in [2.05, 4.69) is 28.9 Å². The minimum absolute atomic E-state index is 0.0517. The number of amides is 1. The van der Waals surface area contributed by atoms with Gasteiger partial charge in [-0.25, -0.2) is 0 Å². The first-order valence-corrected chi connectivity index (χ1v) is 6.97. The largest absolute Gasteiger partial charge is 0.338 e. The van der Waals surface area contributed by atoms with Gasteiger partial charge in [0.25, 0.3) is 5.91 Å². The number of carbonyl (C=O) groups excluding carboxylic acids is 1. The van der Waals surface area contributed by atoms with Crippen LogP contribution in [0.2, 0.25) is 0 Å². The molecule has 2 rings (SSSR count). The average Bonchev–Trinajstić information content (AvgIpc) is 2.41. The van der Waals surface area contributed by atoms with Crippen LogP contribution in [0.15, 0.2) is 24.3 Å². The maximum absolute atomic E-state index is 12.3. The van der Waals surface area contributed by atoms with Crippen LogP contribution in [0.1, 0.15) is 29.3 Å². The fraction of sp³-hybridized carbons (Fsp3) is 0.429. The van der Waals surface area contributed by atoms with E-state index in [1.807, 2.05) is 4.90 Å². The van der Waals surface area contributed by atoms with E-state index in [1.165, 1.54) is 0 Å². The second-order valence-corrected chi connectivity index (χ2v) is 5.90. The zero-order valence-corrected chi connectivity index (χ0v) is 11.9. The van der Waals surface area contributed by atoms with Crippen LogP contribution in [0.25, 0.3) is 0 Å². The molecule has 0 spiro atoms. The minimum atomic E-state index is 0.0517. The number of halogens is 1. The summed E-state index contributed by atoms with van der Waals surface area (Å²) >= 11 is 3.62. The smallest absolute Gasteiger partial charge is 0.253 e. The summed E-state index contributed by atoms with van der Waals surface area (Å²) in [7, 11) is 0. The summed E-state index contributed by atoms with van der Waals surface area (Å²) in [5.74, 6) is 0.658. The highest BCUT2D eigenvalue weighted by molar-refractivity contribution is 9.09. The molecule has 2 atom stereocenters. The van der Waals surface area contributed by atoms with E-state index in [0.717, 1.165) is 19.5 Å². The van der Waals surface area contributed by atoms with Gasteiger partial charge in [-0.15, -0.1) is 0 Å². The molecule has 94 valence electrons. The van der Waals surface area contributed by atoms with Crippen molar-refractivity contribution in [3.05, 3.63) is 35.4 Å². The number of likely N-dealkylation sites (tertiary alicyclic amines) is 1. The number of nitrogens with zero attached hydrogens (tertiary/aromatic N) is 2. The van der Waals surface area contributed by atoms with Crippen LogP contribution in [-0.2, 0) is 0 Å². The predicted molar refractivity (Wildman–Crippen MR) is 73.6 cm³/mol. The van der Waals surface area contributed by atoms with Crippen LogP contribution in [0, 0.1) is 17.2 Å². The van der Waals surface area contributed by atoms with Crippen LogP contribution in [0.3, 0.4) is 0 Å². The Balaban J connectivity index is 2.09. The van der Waals surface area contributed by atoms with Crippen molar-refractivity contribution in [2.24, 2.45) is 5.92 Å². The molecule has 2 unspecified atom stereocenters. The molecule has 1 saturated heterocycles. The molecule has 3 nitrogen and oxygen atoms in total. The molecule has 0 bridgehead atoms. The van der Waals surface area contributed by atoms with Crippen molar-refractivity contribution >= 4 is 21.8 Å². The molecule has 1 amide bonds. The Morgan fingerprint density at radius 2 is 2.11 bits per heavy atom. The lowest BCUT2D eigenvalue weighted by Crippen LogP contribution is -2.43. The first-order chi connectivity index (χ1) is 8.61. The summed E-state index contributed by atoms with van der Waals surface area (Å²) in [6.07, 6.45) is 1.03. The summed E-state index contributed by atoms with van der Waals surface area (Å²) in [5, 5.41) is 8.73. The Bertz CT molecular complexity index is 478. The maximum atomic E-state index is 12.3. The third-order valence-electron chi connectivity index (χ3n) is 3.41. The summed E-state index contributed by atoms with van der Waals surface area (Å²) < 4.78 is 0. The lowest BCUT2D eigenvalue weighted by molar-refractivity contribution is 0.0706. The minimum Gasteiger partial charge on any atom is -0.338 e. The van der Waals surface area contributed by atoms with E-state index < -0.39 is 0 Å². The third-order valence-corrected chi connectivity index (χ3v) is 4.61. The first-order valence-electron chi connectivity index (χ1n) is 6.05. The van der Waals surface area contributed by atoms with Gasteiger partial charge in [0.1, 0.15) is 0 Å². The molecule has 1 aliphatic rings. The van der Waals surface area contributed by atoms with Crippen LogP contribution in [-0.4, -0.2) is 28.7 Å². The standard InChI is InChI=1S/C14H15BrN2O/c1-10-6-7-17(9-13(10)15)14(18)12-4-2-11(8-16)3-5-12/h2-5,10,13H,6-7,9H2,1H3. The SMILES string of the molecule is CC1CCN(C(=O)c2ccc(C#N)cc2)CC1Br. The molecule has 0 radical (unpaired) electrons. The zero-order valence-electron chi connectivity index (χ0n) is 10.3. The van der Waals surface area contributed by atoms with Gasteiger partial charge in [-0.1, -0.05) is 22.9 Å². The van der Waals surface area contributed by atoms with E-state index in [0.29, 0.717) is 21.9 Å². The monoisotopic (exact) mass is 306 g/mol. The lowest BCUT2D eigenvalue weighted by atomic mass is 9.98. The number of rotatable bonds is 1. The van der Waals surface area contributed by atoms with Gasteiger partial charge in [0, 0.05) is 23.5 Å². The number of alkyl halides is 1. The van der Waals surface area contributed by atoms with Crippen LogP contribution in [0.5, 0.6) is 0 Å².